The Hall–Kier alpha value is -1.93. The molecular weight excluding hydrogens is 280 g/mol. The highest BCUT2D eigenvalue weighted by Gasteiger charge is 2.23. The lowest BCUT2D eigenvalue weighted by Crippen LogP contribution is -2.13. The summed E-state index contributed by atoms with van der Waals surface area (Å²) < 4.78 is 29.9. The van der Waals surface area contributed by atoms with E-state index in [2.05, 4.69) is 20.0 Å². The highest BCUT2D eigenvalue weighted by molar-refractivity contribution is 7.90. The first-order valence-electron chi connectivity index (χ1n) is 4.76. The molecule has 1 aromatic carbocycles. The molecule has 0 amide bonds. The molecule has 0 atom stereocenters. The van der Waals surface area contributed by atoms with E-state index in [1.54, 1.807) is 12.1 Å². The molecule has 0 fully saturated rings. The quantitative estimate of drug-likeness (QED) is 0.704. The summed E-state index contributed by atoms with van der Waals surface area (Å²) in [5.74, 6) is 0. The van der Waals surface area contributed by atoms with Gasteiger partial charge in [-0.3, -0.25) is 0 Å². The van der Waals surface area contributed by atoms with E-state index in [0.29, 0.717) is 5.52 Å². The average Bonchev–Trinajstić information content (AvgIpc) is 2.96. The second-order valence-electron chi connectivity index (χ2n) is 3.42. The SMILES string of the molecule is O=S(=O)(c1cccc2nonc12)n1cc(Cl)cn1. The number of rotatable bonds is 2. The van der Waals surface area contributed by atoms with Crippen LogP contribution >= 0.6 is 11.6 Å². The molecule has 0 spiro atoms. The normalized spacial score (nSPS) is 12.1. The van der Waals surface area contributed by atoms with E-state index in [1.165, 1.54) is 18.5 Å². The summed E-state index contributed by atoms with van der Waals surface area (Å²) in [6.45, 7) is 0. The number of fused-ring (bicyclic) bond motifs is 1. The van der Waals surface area contributed by atoms with Crippen molar-refractivity contribution < 1.29 is 13.0 Å². The monoisotopic (exact) mass is 284 g/mol. The minimum Gasteiger partial charge on any atom is -0.243 e. The molecular formula is C9H5ClN4O3S. The van der Waals surface area contributed by atoms with Gasteiger partial charge in [-0.05, 0) is 22.4 Å². The molecule has 0 bridgehead atoms. The maximum Gasteiger partial charge on any atom is 0.285 e. The lowest BCUT2D eigenvalue weighted by molar-refractivity contribution is 0.315. The van der Waals surface area contributed by atoms with Gasteiger partial charge in [0.15, 0.2) is 5.52 Å². The summed E-state index contributed by atoms with van der Waals surface area (Å²) in [6.07, 6.45) is 2.43. The van der Waals surface area contributed by atoms with Crippen LogP contribution in [0, 0.1) is 0 Å². The average molecular weight is 285 g/mol. The number of hydrogen-bond acceptors (Lipinski definition) is 6. The fourth-order valence-corrected chi connectivity index (χ4v) is 2.96. The molecule has 0 saturated carbocycles. The maximum absolute atomic E-state index is 12.3. The Morgan fingerprint density at radius 1 is 1.28 bits per heavy atom. The molecule has 0 aliphatic heterocycles. The molecule has 0 unspecified atom stereocenters. The van der Waals surface area contributed by atoms with E-state index in [-0.39, 0.29) is 15.4 Å². The van der Waals surface area contributed by atoms with Crippen LogP contribution in [0.4, 0.5) is 0 Å². The van der Waals surface area contributed by atoms with Gasteiger partial charge < -0.3 is 0 Å². The summed E-state index contributed by atoms with van der Waals surface area (Å²) in [6, 6.07) is 4.54. The Morgan fingerprint density at radius 2 is 2.11 bits per heavy atom. The van der Waals surface area contributed by atoms with Crippen LogP contribution in [0.3, 0.4) is 0 Å². The Balaban J connectivity index is 2.29. The molecule has 92 valence electrons. The van der Waals surface area contributed by atoms with Crippen LogP contribution in [0.5, 0.6) is 0 Å². The third kappa shape index (κ3) is 1.57. The number of halogens is 1. The molecule has 2 heterocycles. The summed E-state index contributed by atoms with van der Waals surface area (Å²) in [5.41, 5.74) is 0.512. The summed E-state index contributed by atoms with van der Waals surface area (Å²) in [4.78, 5) is -0.0407. The third-order valence-corrected chi connectivity index (χ3v) is 4.07. The second kappa shape index (κ2) is 3.79. The molecule has 3 aromatic rings. The van der Waals surface area contributed by atoms with Gasteiger partial charge in [0.25, 0.3) is 10.0 Å². The van der Waals surface area contributed by atoms with Gasteiger partial charge in [-0.25, -0.2) is 4.63 Å². The van der Waals surface area contributed by atoms with Crippen LogP contribution in [0.2, 0.25) is 5.02 Å². The zero-order valence-corrected chi connectivity index (χ0v) is 10.3. The van der Waals surface area contributed by atoms with Gasteiger partial charge in [0.1, 0.15) is 10.4 Å². The van der Waals surface area contributed by atoms with Crippen LogP contribution in [0.25, 0.3) is 11.0 Å². The first-order valence-corrected chi connectivity index (χ1v) is 6.58. The molecule has 0 saturated heterocycles. The van der Waals surface area contributed by atoms with Crippen molar-refractivity contribution >= 4 is 32.7 Å². The van der Waals surface area contributed by atoms with Gasteiger partial charge >= 0.3 is 0 Å². The molecule has 0 aliphatic rings. The van der Waals surface area contributed by atoms with Crippen molar-refractivity contribution in [3.05, 3.63) is 35.6 Å². The Labute approximate surface area is 106 Å². The van der Waals surface area contributed by atoms with Crippen LogP contribution in [-0.4, -0.2) is 27.9 Å². The molecule has 7 nitrogen and oxygen atoms in total. The minimum atomic E-state index is -3.86. The van der Waals surface area contributed by atoms with Crippen molar-refractivity contribution in [1.82, 2.24) is 19.5 Å². The van der Waals surface area contributed by atoms with Crippen molar-refractivity contribution in [2.24, 2.45) is 0 Å². The first-order chi connectivity index (χ1) is 8.59. The smallest absolute Gasteiger partial charge is 0.243 e. The van der Waals surface area contributed by atoms with Gasteiger partial charge in [-0.15, -0.1) is 0 Å². The van der Waals surface area contributed by atoms with E-state index in [4.69, 9.17) is 11.6 Å². The molecule has 9 heteroatoms. The molecule has 2 aromatic heterocycles. The number of nitrogens with zero attached hydrogens (tertiary/aromatic N) is 4. The largest absolute Gasteiger partial charge is 0.285 e. The van der Waals surface area contributed by atoms with E-state index >= 15 is 0 Å². The van der Waals surface area contributed by atoms with E-state index < -0.39 is 10.0 Å². The number of aromatic nitrogens is 4. The topological polar surface area (TPSA) is 90.9 Å². The number of benzene rings is 1. The lowest BCUT2D eigenvalue weighted by atomic mass is 10.3. The van der Waals surface area contributed by atoms with Crippen LogP contribution in [0.1, 0.15) is 0 Å². The second-order valence-corrected chi connectivity index (χ2v) is 5.62. The first kappa shape index (κ1) is 11.2. The summed E-state index contributed by atoms with van der Waals surface area (Å²) in [7, 11) is -3.86. The molecule has 0 N–H and O–H groups in total. The maximum atomic E-state index is 12.3. The molecule has 18 heavy (non-hydrogen) atoms. The van der Waals surface area contributed by atoms with Gasteiger partial charge in [0.2, 0.25) is 0 Å². The summed E-state index contributed by atoms with van der Waals surface area (Å²) >= 11 is 5.66. The van der Waals surface area contributed by atoms with Crippen molar-refractivity contribution in [3.63, 3.8) is 0 Å². The summed E-state index contributed by atoms with van der Waals surface area (Å²) in [5, 5.41) is 11.1. The zero-order valence-electron chi connectivity index (χ0n) is 8.69. The van der Waals surface area contributed by atoms with Crippen LogP contribution in [-0.2, 0) is 10.0 Å². The van der Waals surface area contributed by atoms with Crippen molar-refractivity contribution in [2.45, 2.75) is 4.90 Å². The van der Waals surface area contributed by atoms with Crippen molar-refractivity contribution in [2.75, 3.05) is 0 Å². The Bertz CT molecular complexity index is 823. The Kier molecular flexibility index (Phi) is 2.35. The predicted molar refractivity (Wildman–Crippen MR) is 61.6 cm³/mol. The van der Waals surface area contributed by atoms with Crippen LogP contribution < -0.4 is 0 Å². The van der Waals surface area contributed by atoms with Gasteiger partial charge in [-0.1, -0.05) is 17.7 Å². The lowest BCUT2D eigenvalue weighted by Gasteiger charge is -2.03. The van der Waals surface area contributed by atoms with Crippen LogP contribution in [0.15, 0.2) is 40.1 Å². The van der Waals surface area contributed by atoms with Crippen molar-refractivity contribution in [3.8, 4) is 0 Å². The zero-order chi connectivity index (χ0) is 12.8. The molecule has 0 aliphatic carbocycles. The fraction of sp³-hybridized carbons (Fsp3) is 0. The Morgan fingerprint density at radius 3 is 2.83 bits per heavy atom. The van der Waals surface area contributed by atoms with Crippen molar-refractivity contribution in [1.29, 1.82) is 0 Å². The minimum absolute atomic E-state index is 0.0407. The molecule has 0 radical (unpaired) electrons. The van der Waals surface area contributed by atoms with Gasteiger partial charge in [0.05, 0.1) is 17.4 Å². The van der Waals surface area contributed by atoms with E-state index in [1.807, 2.05) is 0 Å². The number of hydrogen-bond donors (Lipinski definition) is 0. The standard InChI is InChI=1S/C9H5ClN4O3S/c10-6-4-11-14(5-6)18(15,16)8-3-1-2-7-9(8)13-17-12-7/h1-5H. The van der Waals surface area contributed by atoms with E-state index in [9.17, 15) is 8.42 Å². The molecule has 3 rings (SSSR count). The van der Waals surface area contributed by atoms with E-state index in [0.717, 1.165) is 4.09 Å². The van der Waals surface area contributed by atoms with Gasteiger partial charge in [0, 0.05) is 0 Å². The fourth-order valence-electron chi connectivity index (χ4n) is 1.51. The van der Waals surface area contributed by atoms with Gasteiger partial charge in [-0.2, -0.15) is 17.6 Å². The third-order valence-electron chi connectivity index (χ3n) is 2.30. The highest BCUT2D eigenvalue weighted by Crippen LogP contribution is 2.22. The highest BCUT2D eigenvalue weighted by atomic mass is 35.5. The predicted octanol–water partition coefficient (Wildman–Crippen LogP) is 1.31.